The van der Waals surface area contributed by atoms with Gasteiger partial charge in [0.1, 0.15) is 63.7 Å². The molecule has 0 spiro atoms. The maximum atomic E-state index is 13.4. The second kappa shape index (κ2) is 86.5. The molecule has 10 amide bonds. The first-order valence-corrected chi connectivity index (χ1v) is 45.2. The van der Waals surface area contributed by atoms with E-state index < -0.39 is 117 Å². The summed E-state index contributed by atoms with van der Waals surface area (Å²) in [6.07, 6.45) is 28.6. The van der Waals surface area contributed by atoms with Gasteiger partial charge in [-0.05, 0) is 178 Å². The molecule has 2 atom stereocenters. The third-order valence-corrected chi connectivity index (χ3v) is 19.1. The van der Waals surface area contributed by atoms with Gasteiger partial charge in [-0.15, -0.1) is 0 Å². The van der Waals surface area contributed by atoms with E-state index >= 15 is 0 Å². The fourth-order valence-electron chi connectivity index (χ4n) is 11.9. The average Bonchev–Trinajstić information content (AvgIpc) is 1.42. The van der Waals surface area contributed by atoms with Gasteiger partial charge >= 0.3 is 47.8 Å². The summed E-state index contributed by atoms with van der Waals surface area (Å²) in [4.78, 5) is 214. The molecule has 0 bridgehead atoms. The number of aliphatic hydroxyl groups excluding tert-OH is 1. The highest BCUT2D eigenvalue weighted by molar-refractivity contribution is 5.90. The van der Waals surface area contributed by atoms with Gasteiger partial charge in [0.25, 0.3) is 0 Å². The van der Waals surface area contributed by atoms with Crippen molar-refractivity contribution in [2.75, 3.05) is 167 Å². The molecule has 4 fully saturated rings. The lowest BCUT2D eigenvalue weighted by atomic mass is 9.59. The quantitative estimate of drug-likeness (QED) is 0.0125. The zero-order valence-corrected chi connectivity index (χ0v) is 85.7. The number of likely N-dealkylation sites (N-methyl/N-ethyl adjacent to an activating group) is 2. The van der Waals surface area contributed by atoms with Crippen LogP contribution < -0.4 is 21.3 Å². The summed E-state index contributed by atoms with van der Waals surface area (Å²) in [5.74, 6) is -6.37. The number of carbonyl (C=O) groups is 18. The van der Waals surface area contributed by atoms with Crippen LogP contribution in [0.25, 0.3) is 0 Å². The number of nitrogens with zero attached hydrogens (tertiary/aromatic N) is 7. The number of ether oxygens (including phenoxy) is 9. The Bertz CT molecular complexity index is 3880. The van der Waals surface area contributed by atoms with Crippen LogP contribution in [0.1, 0.15) is 139 Å². The minimum Gasteiger partial charge on any atom is -0.465 e. The minimum absolute atomic E-state index is 0.00306. The van der Waals surface area contributed by atoms with Crippen molar-refractivity contribution in [3.8, 4) is 0 Å². The topological polar surface area (TPSA) is 481 Å². The normalized spacial score (nSPS) is 14.1. The molecule has 141 heavy (non-hydrogen) atoms. The van der Waals surface area contributed by atoms with Crippen LogP contribution in [0.4, 0.5) is 0 Å². The molecule has 2 unspecified atom stereocenters. The van der Waals surface area contributed by atoms with E-state index in [0.717, 1.165) is 107 Å². The number of amides is 10. The molecule has 4 rings (SSSR count). The van der Waals surface area contributed by atoms with Gasteiger partial charge in [-0.1, -0.05) is 132 Å². The zero-order chi connectivity index (χ0) is 110. The van der Waals surface area contributed by atoms with Crippen molar-refractivity contribution >= 4 is 107 Å². The summed E-state index contributed by atoms with van der Waals surface area (Å²) in [5, 5.41) is 18.1. The number of esters is 8. The largest absolute Gasteiger partial charge is 0.465 e. The number of hydrogen-bond donors (Lipinski definition) is 5. The molecule has 792 valence electrons. The Morgan fingerprint density at radius 3 is 1.18 bits per heavy atom. The van der Waals surface area contributed by atoms with Crippen molar-refractivity contribution < 1.29 is 134 Å². The second-order valence-electron chi connectivity index (χ2n) is 32.6. The first kappa shape index (κ1) is 140. The van der Waals surface area contributed by atoms with Crippen molar-refractivity contribution in [1.82, 2.24) is 55.6 Å². The van der Waals surface area contributed by atoms with Gasteiger partial charge in [-0.3, -0.25) is 57.5 Å². The fraction of sp³-hybridized carbons (Fsp3) is 0.510. The Labute approximate surface area is 835 Å². The molecule has 39 nitrogen and oxygen atoms in total. The molecule has 0 aromatic rings. The lowest BCUT2D eigenvalue weighted by Crippen LogP contribution is -2.44. The predicted molar refractivity (Wildman–Crippen MR) is 541 cm³/mol. The van der Waals surface area contributed by atoms with Crippen LogP contribution in [0.3, 0.4) is 0 Å². The smallest absolute Gasteiger partial charge is 0.330 e. The van der Waals surface area contributed by atoms with Gasteiger partial charge in [-0.2, -0.15) is 0 Å². The average molecular weight is 1990 g/mol. The molecule has 3 saturated heterocycles. The van der Waals surface area contributed by atoms with Gasteiger partial charge < -0.3 is 103 Å². The van der Waals surface area contributed by atoms with Crippen LogP contribution >= 0.6 is 0 Å². The van der Waals surface area contributed by atoms with Gasteiger partial charge in [0.15, 0.2) is 0 Å². The highest BCUT2D eigenvalue weighted by atomic mass is 16.6. The molecule has 3 heterocycles. The van der Waals surface area contributed by atoms with E-state index in [1.807, 2.05) is 48.7 Å². The molecule has 0 aromatic heterocycles. The van der Waals surface area contributed by atoms with E-state index in [0.29, 0.717) is 77.8 Å². The first-order valence-electron chi connectivity index (χ1n) is 45.2. The summed E-state index contributed by atoms with van der Waals surface area (Å²) in [5.41, 5.74) is -3.67. The SMILES string of the molecule is C=CC(=O)N(C)C.C=CC(=O)N(CC)CC.C=CC(=O)N1CCOCC1.C=CC(=O)NC(C)C.C=CC(=O)NCCCN(C)C.C=CC(=O)NCCO.C=CC(=O)OCC(COC(=O)C=C)(COC(=O)C=C)COC(=O)CCC1(C)CC(CC(=O)OCC(COC(=O)C=C)(COC(=O)C=C)COC(=O)C=C)CC(C)(C)C1.C=CN(C)C(C)=O.C=CN1CCCC1=O.C=CN1CCCCCC1=O.C=CNC=O. The molecule has 5 N–H and O–H groups in total. The molecule has 39 heteroatoms. The van der Waals surface area contributed by atoms with Crippen LogP contribution in [-0.4, -0.2) is 320 Å². The summed E-state index contributed by atoms with van der Waals surface area (Å²) in [6.45, 7) is 73.2. The number of likely N-dealkylation sites (tertiary alicyclic amines) is 2. The van der Waals surface area contributed by atoms with Gasteiger partial charge in [-0.25, -0.2) is 28.8 Å². The van der Waals surface area contributed by atoms with E-state index in [4.69, 9.17) is 47.7 Å². The van der Waals surface area contributed by atoms with Crippen LogP contribution in [-0.2, 0) is 129 Å². The Morgan fingerprint density at radius 2 is 0.901 bits per heavy atom. The molecule has 0 radical (unpaired) electrons. The highest BCUT2D eigenvalue weighted by Gasteiger charge is 2.44. The Morgan fingerprint density at radius 1 is 0.504 bits per heavy atom. The summed E-state index contributed by atoms with van der Waals surface area (Å²) < 4.78 is 47.5. The molecule has 3 aliphatic heterocycles. The molecular weight excluding hydrogens is 1830 g/mol. The van der Waals surface area contributed by atoms with E-state index in [-0.39, 0.29) is 90.0 Å². The number of morpholine rings is 1. The molecule has 1 saturated carbocycles. The maximum absolute atomic E-state index is 13.4. The van der Waals surface area contributed by atoms with Gasteiger partial charge in [0.05, 0.1) is 19.8 Å². The number of aliphatic hydroxyl groups is 1. The third-order valence-electron chi connectivity index (χ3n) is 19.1. The first-order chi connectivity index (χ1) is 66.4. The Kier molecular flexibility index (Phi) is 86.0. The predicted octanol–water partition coefficient (Wildman–Crippen LogP) is 8.74. The van der Waals surface area contributed by atoms with E-state index in [1.54, 1.807) is 53.1 Å². The van der Waals surface area contributed by atoms with Crippen LogP contribution in [0.5, 0.6) is 0 Å². The molecule has 4 aliphatic rings. The number of hydrogen-bond acceptors (Lipinski definition) is 29. The highest BCUT2D eigenvalue weighted by Crippen LogP contribution is 2.52. The zero-order valence-electron chi connectivity index (χ0n) is 85.7. The summed E-state index contributed by atoms with van der Waals surface area (Å²) in [7, 11) is 9.05. The van der Waals surface area contributed by atoms with E-state index in [9.17, 15) is 86.3 Å². The minimum atomic E-state index is -1.49. The van der Waals surface area contributed by atoms with Gasteiger partial charge in [0.2, 0.25) is 59.6 Å². The third kappa shape index (κ3) is 78.8. The molecule has 0 aromatic carbocycles. The van der Waals surface area contributed by atoms with Crippen molar-refractivity contribution in [2.45, 2.75) is 145 Å². The van der Waals surface area contributed by atoms with Crippen LogP contribution in [0.2, 0.25) is 0 Å². The van der Waals surface area contributed by atoms with E-state index in [1.165, 1.54) is 65.9 Å². The lowest BCUT2D eigenvalue weighted by molar-refractivity contribution is -0.170. The maximum Gasteiger partial charge on any atom is 0.330 e. The van der Waals surface area contributed by atoms with Gasteiger partial charge in [0, 0.05) is 149 Å². The standard InChI is InChI=1S/C42H56O16.C8H16N2O.C8H13NO.C7H11NO2.C7H13NO.C6H9NO.C6H11NO.C5H9NO2.2C5H9NO.C3H5NO/c1-10-31(43)51-22-41(23-52-32(44)11-2,24-53-33(45)12-3)28-57-37(49)16-17-40(9)20-30(19-39(7,8)21-40)18-38(50)58-29-42(25-54-34(46)13-4,26-55-35(47)14-5)27-56-36(48)15-6;1-4-8(11)9-6-5-7-10(2)3;1-2-9-7-5-3-4-6-8(9)10;1-2-7(9)8-3-5-10-6-4-8;1-4-7(9)8(5-2)6-3;1-2-7-5-3-4-6(7)8;1-4-6(8)7-5(2)3;1-2-5(8)6-3-4-7;1-4-5(7)6(2)3;1-4-6(3)5(2)7;1-2-4-3-5/h10-15,30H,1-6,16-29H2,7-9H3;4H,1,5-7H2,2-3H3,(H,9,11);2H,1,3-7H2;2H,1,3-6H2;4H,1,5-6H2,2-3H3;2H,1,3-5H2;4-5H,1H2,2-3H3,(H,7,8);2,7H,1,3-4H2,(H,6,8);2*4H,1H2,2-3H3;2-3H,1H2,(H,4,5). The van der Waals surface area contributed by atoms with Crippen LogP contribution in [0, 0.1) is 27.6 Å². The number of rotatable bonds is 47. The lowest BCUT2D eigenvalue weighted by Gasteiger charge is -2.46. The Hall–Kier alpha value is -13.8. The van der Waals surface area contributed by atoms with Crippen LogP contribution in [0.15, 0.2) is 203 Å². The molecular formula is C102H161N11O28. The van der Waals surface area contributed by atoms with Crippen molar-refractivity contribution in [3.05, 3.63) is 203 Å². The van der Waals surface area contributed by atoms with E-state index in [2.05, 4.69) is 145 Å². The van der Waals surface area contributed by atoms with Crippen molar-refractivity contribution in [1.29, 1.82) is 0 Å². The number of nitrogens with one attached hydrogen (secondary N) is 4. The fourth-order valence-corrected chi connectivity index (χ4v) is 11.9. The summed E-state index contributed by atoms with van der Waals surface area (Å²) in [6, 6.07) is 0.209. The van der Waals surface area contributed by atoms with Crippen molar-refractivity contribution in [2.24, 2.45) is 27.6 Å². The number of carbonyl (C=O) groups excluding carboxylic acids is 18. The Balaban J connectivity index is -0.000000341. The monoisotopic (exact) mass is 1990 g/mol. The second-order valence-corrected chi connectivity index (χ2v) is 32.6. The summed E-state index contributed by atoms with van der Waals surface area (Å²) >= 11 is 0. The molecule has 1 aliphatic carbocycles. The van der Waals surface area contributed by atoms with Crippen molar-refractivity contribution in [3.63, 3.8) is 0 Å².